The molecule has 0 aliphatic heterocycles. The fourth-order valence-corrected chi connectivity index (χ4v) is 8.17. The third kappa shape index (κ3) is 5.38. The molecular formula is C33H46FN. The predicted molar refractivity (Wildman–Crippen MR) is 146 cm³/mol. The number of unbranched alkanes of at least 4 members (excludes halogenated alkanes) is 2. The van der Waals surface area contributed by atoms with Crippen LogP contribution < -0.4 is 0 Å². The molecule has 2 aromatic carbocycles. The van der Waals surface area contributed by atoms with Crippen LogP contribution in [0.4, 0.5) is 4.39 Å². The lowest BCUT2D eigenvalue weighted by Gasteiger charge is -2.53. The molecule has 2 aromatic rings. The zero-order chi connectivity index (χ0) is 24.4. The first kappa shape index (κ1) is 25.0. The number of nitrogens with zero attached hydrogens (tertiary/aromatic N) is 1. The second-order valence-corrected chi connectivity index (χ2v) is 12.5. The zero-order valence-electron chi connectivity index (χ0n) is 22.3. The van der Waals surface area contributed by atoms with E-state index in [1.165, 1.54) is 80.2 Å². The van der Waals surface area contributed by atoms with E-state index < -0.39 is 6.17 Å². The summed E-state index contributed by atoms with van der Waals surface area (Å²) in [7, 11) is 2.27. The molecule has 0 saturated heterocycles. The van der Waals surface area contributed by atoms with E-state index >= 15 is 4.39 Å². The average Bonchev–Trinajstić information content (AvgIpc) is 3.24. The summed E-state index contributed by atoms with van der Waals surface area (Å²) in [5.74, 6) is 2.09. The van der Waals surface area contributed by atoms with Crippen molar-refractivity contribution in [3.63, 3.8) is 0 Å². The van der Waals surface area contributed by atoms with E-state index in [1.54, 1.807) is 0 Å². The predicted octanol–water partition coefficient (Wildman–Crippen LogP) is 8.15. The Bertz CT molecular complexity index is 967. The minimum absolute atomic E-state index is 0.147. The van der Waals surface area contributed by atoms with Crippen LogP contribution in [-0.4, -0.2) is 31.2 Å². The van der Waals surface area contributed by atoms with Crippen molar-refractivity contribution in [3.8, 4) is 0 Å². The molecule has 190 valence electrons. The molecule has 1 nitrogen and oxygen atoms in total. The van der Waals surface area contributed by atoms with Gasteiger partial charge in [0.15, 0.2) is 0 Å². The summed E-state index contributed by atoms with van der Waals surface area (Å²) in [5.41, 5.74) is 5.81. The van der Waals surface area contributed by atoms with Crippen LogP contribution in [0.2, 0.25) is 0 Å². The van der Waals surface area contributed by atoms with Gasteiger partial charge in [0.1, 0.15) is 6.17 Å². The lowest BCUT2D eigenvalue weighted by atomic mass is 9.52. The van der Waals surface area contributed by atoms with Crippen molar-refractivity contribution in [2.24, 2.45) is 23.2 Å². The van der Waals surface area contributed by atoms with Gasteiger partial charge in [0.2, 0.25) is 0 Å². The zero-order valence-corrected chi connectivity index (χ0v) is 22.3. The third-order valence-corrected chi connectivity index (χ3v) is 10.0. The number of fused-ring (bicyclic) bond motifs is 5. The maximum Gasteiger partial charge on any atom is 0.108 e. The first-order valence-corrected chi connectivity index (χ1v) is 14.4. The van der Waals surface area contributed by atoms with Crippen LogP contribution in [0.25, 0.3) is 0 Å². The molecule has 0 bridgehead atoms. The average molecular weight is 476 g/mol. The van der Waals surface area contributed by atoms with Crippen LogP contribution in [0, 0.1) is 30.1 Å². The number of hydrogen-bond acceptors (Lipinski definition) is 1. The van der Waals surface area contributed by atoms with Crippen molar-refractivity contribution in [1.29, 1.82) is 0 Å². The smallest absolute Gasteiger partial charge is 0.108 e. The van der Waals surface area contributed by atoms with Gasteiger partial charge < -0.3 is 4.90 Å². The Labute approximate surface area is 213 Å². The highest BCUT2D eigenvalue weighted by Crippen LogP contribution is 2.63. The summed E-state index contributed by atoms with van der Waals surface area (Å²) in [4.78, 5) is 2.49. The fraction of sp³-hybridized carbons (Fsp3) is 0.636. The second-order valence-electron chi connectivity index (χ2n) is 12.5. The molecule has 0 amide bonds. The lowest BCUT2D eigenvalue weighted by molar-refractivity contribution is -0.0260. The Morgan fingerprint density at radius 1 is 1.00 bits per heavy atom. The van der Waals surface area contributed by atoms with E-state index in [9.17, 15) is 0 Å². The van der Waals surface area contributed by atoms with E-state index in [0.717, 1.165) is 25.3 Å². The van der Waals surface area contributed by atoms with Crippen molar-refractivity contribution in [3.05, 3.63) is 70.8 Å². The second kappa shape index (κ2) is 10.8. The molecule has 0 N–H and O–H groups in total. The van der Waals surface area contributed by atoms with E-state index in [2.05, 4.69) is 74.3 Å². The van der Waals surface area contributed by atoms with Gasteiger partial charge >= 0.3 is 0 Å². The van der Waals surface area contributed by atoms with Crippen molar-refractivity contribution < 1.29 is 4.39 Å². The van der Waals surface area contributed by atoms with Crippen LogP contribution in [0.5, 0.6) is 0 Å². The molecule has 2 saturated carbocycles. The Hall–Kier alpha value is -1.67. The number of likely N-dealkylation sites (N-methyl/N-ethyl adjacent to an activating group) is 1. The highest BCUT2D eigenvalue weighted by molar-refractivity contribution is 5.37. The SMILES string of the molecule is Cc1ccc(CCN(C)CCCCC[C@@H]2Cc3ccccc3[C@@H]3[C@@H]2[C@@H]2CCC[C@@]2(C)C[C@@H]3F)cc1. The van der Waals surface area contributed by atoms with Crippen LogP contribution in [-0.2, 0) is 12.8 Å². The number of halogens is 1. The quantitative estimate of drug-likeness (QED) is 0.331. The molecule has 0 unspecified atom stereocenters. The van der Waals surface area contributed by atoms with Crippen LogP contribution in [0.3, 0.4) is 0 Å². The van der Waals surface area contributed by atoms with Crippen molar-refractivity contribution in [1.82, 2.24) is 4.90 Å². The maximum absolute atomic E-state index is 15.8. The van der Waals surface area contributed by atoms with Crippen LogP contribution in [0.1, 0.15) is 86.5 Å². The van der Waals surface area contributed by atoms with Crippen molar-refractivity contribution in [2.75, 3.05) is 20.1 Å². The summed E-state index contributed by atoms with van der Waals surface area (Å²) < 4.78 is 15.8. The van der Waals surface area contributed by atoms with E-state index in [4.69, 9.17) is 0 Å². The fourth-order valence-electron chi connectivity index (χ4n) is 8.17. The molecule has 3 aliphatic carbocycles. The molecule has 35 heavy (non-hydrogen) atoms. The maximum atomic E-state index is 15.8. The van der Waals surface area contributed by atoms with E-state index in [-0.39, 0.29) is 11.3 Å². The largest absolute Gasteiger partial charge is 0.306 e. The minimum Gasteiger partial charge on any atom is -0.306 e. The molecule has 3 aliphatic rings. The van der Waals surface area contributed by atoms with Gasteiger partial charge in [-0.05, 0) is 105 Å². The Kier molecular flexibility index (Phi) is 7.68. The highest BCUT2D eigenvalue weighted by atomic mass is 19.1. The summed E-state index contributed by atoms with van der Waals surface area (Å²) in [6.07, 6.45) is 11.4. The molecule has 2 fully saturated rings. The van der Waals surface area contributed by atoms with Gasteiger partial charge in [-0.1, -0.05) is 80.3 Å². The van der Waals surface area contributed by atoms with Gasteiger partial charge in [-0.15, -0.1) is 0 Å². The normalized spacial score (nSPS) is 31.7. The topological polar surface area (TPSA) is 3.24 Å². The molecule has 5 rings (SSSR count). The van der Waals surface area contributed by atoms with Gasteiger partial charge in [0.05, 0.1) is 0 Å². The third-order valence-electron chi connectivity index (χ3n) is 10.0. The van der Waals surface area contributed by atoms with Gasteiger partial charge in [-0.25, -0.2) is 4.39 Å². The Balaban J connectivity index is 1.15. The molecule has 0 heterocycles. The van der Waals surface area contributed by atoms with Gasteiger partial charge in [-0.2, -0.15) is 0 Å². The van der Waals surface area contributed by atoms with Crippen molar-refractivity contribution in [2.45, 2.75) is 90.1 Å². The number of benzene rings is 2. The number of rotatable bonds is 9. The Morgan fingerprint density at radius 2 is 1.80 bits per heavy atom. The summed E-state index contributed by atoms with van der Waals surface area (Å²) in [5, 5.41) is 0. The van der Waals surface area contributed by atoms with E-state index in [1.807, 2.05) is 0 Å². The molecule has 6 atom stereocenters. The number of alkyl halides is 1. The monoisotopic (exact) mass is 475 g/mol. The first-order chi connectivity index (χ1) is 16.9. The Morgan fingerprint density at radius 3 is 2.63 bits per heavy atom. The first-order valence-electron chi connectivity index (χ1n) is 14.4. The lowest BCUT2D eigenvalue weighted by Crippen LogP contribution is -2.48. The molecular weight excluding hydrogens is 429 g/mol. The molecule has 0 aromatic heterocycles. The molecule has 0 radical (unpaired) electrons. The minimum atomic E-state index is -0.662. The summed E-state index contributed by atoms with van der Waals surface area (Å²) >= 11 is 0. The molecule has 2 heteroatoms. The summed E-state index contributed by atoms with van der Waals surface area (Å²) in [6, 6.07) is 17.8. The van der Waals surface area contributed by atoms with E-state index in [0.29, 0.717) is 11.8 Å². The van der Waals surface area contributed by atoms with Crippen LogP contribution >= 0.6 is 0 Å². The van der Waals surface area contributed by atoms with Crippen molar-refractivity contribution >= 4 is 0 Å². The number of hydrogen-bond donors (Lipinski definition) is 0. The molecule has 0 spiro atoms. The highest BCUT2D eigenvalue weighted by Gasteiger charge is 2.56. The van der Waals surface area contributed by atoms with Gasteiger partial charge in [0, 0.05) is 12.5 Å². The van der Waals surface area contributed by atoms with Gasteiger partial charge in [0.25, 0.3) is 0 Å². The standard InChI is InChI=1S/C33H46FN/c1-24-14-16-25(17-15-24)18-21-35(3)20-8-4-5-11-27-22-26-10-6-7-12-28(26)32-30(34)23-33(2)19-9-13-29(33)31(27)32/h6-7,10,12,14-17,27,29-32H,4-5,8-9,11,13,18-23H2,1-3H3/t27-,29+,30+,31+,32+,33+/m1/s1. The van der Waals surface area contributed by atoms with Gasteiger partial charge in [-0.3, -0.25) is 0 Å². The summed E-state index contributed by atoms with van der Waals surface area (Å²) in [6.45, 7) is 6.87. The number of aryl methyl sites for hydroxylation is 1. The van der Waals surface area contributed by atoms with Crippen LogP contribution in [0.15, 0.2) is 48.5 Å².